The summed E-state index contributed by atoms with van der Waals surface area (Å²) in [6, 6.07) is 19.4. The SMILES string of the molecule is CCOc1c(C(=O)NC2CCc3ccccc32)cnc2c(-c3cc(Cl)cc(Cl)c3)cccc12. The average Bonchev–Trinajstić information content (AvgIpc) is 3.21. The van der Waals surface area contributed by atoms with E-state index in [9.17, 15) is 4.79 Å². The van der Waals surface area contributed by atoms with Crippen molar-refractivity contribution in [3.63, 3.8) is 0 Å². The highest BCUT2D eigenvalue weighted by atomic mass is 35.5. The number of benzene rings is 3. The molecule has 0 aliphatic heterocycles. The van der Waals surface area contributed by atoms with Gasteiger partial charge in [0.15, 0.2) is 0 Å². The third-order valence-electron chi connectivity index (χ3n) is 5.99. The van der Waals surface area contributed by atoms with Crippen LogP contribution >= 0.6 is 23.2 Å². The number of carbonyl (C=O) groups is 1. The third kappa shape index (κ3) is 4.17. The van der Waals surface area contributed by atoms with Crippen LogP contribution in [0.5, 0.6) is 5.75 Å². The molecule has 4 nitrogen and oxygen atoms in total. The van der Waals surface area contributed by atoms with Crippen LogP contribution in [0.3, 0.4) is 0 Å². The first-order chi connectivity index (χ1) is 16.0. The van der Waals surface area contributed by atoms with Gasteiger partial charge < -0.3 is 10.1 Å². The molecule has 1 N–H and O–H groups in total. The van der Waals surface area contributed by atoms with Gasteiger partial charge in [0.25, 0.3) is 5.91 Å². The maximum atomic E-state index is 13.3. The first-order valence-corrected chi connectivity index (χ1v) is 11.7. The fourth-order valence-electron chi connectivity index (χ4n) is 4.55. The van der Waals surface area contributed by atoms with Gasteiger partial charge in [0.05, 0.1) is 18.2 Å². The van der Waals surface area contributed by atoms with Crippen LogP contribution in [0.25, 0.3) is 22.0 Å². The predicted octanol–water partition coefficient (Wildman–Crippen LogP) is 7.02. The Labute approximate surface area is 202 Å². The van der Waals surface area contributed by atoms with Crippen molar-refractivity contribution in [2.45, 2.75) is 25.8 Å². The Morgan fingerprint density at radius 2 is 1.88 bits per heavy atom. The molecule has 166 valence electrons. The van der Waals surface area contributed by atoms with Crippen LogP contribution < -0.4 is 10.1 Å². The van der Waals surface area contributed by atoms with Crippen molar-refractivity contribution in [1.29, 1.82) is 0 Å². The van der Waals surface area contributed by atoms with Crippen molar-refractivity contribution in [3.05, 3.63) is 93.6 Å². The van der Waals surface area contributed by atoms with E-state index >= 15 is 0 Å². The van der Waals surface area contributed by atoms with Gasteiger partial charge in [0.2, 0.25) is 0 Å². The Morgan fingerprint density at radius 3 is 2.67 bits per heavy atom. The smallest absolute Gasteiger partial charge is 0.257 e. The number of hydrogen-bond acceptors (Lipinski definition) is 3. The summed E-state index contributed by atoms with van der Waals surface area (Å²) in [7, 11) is 0. The highest BCUT2D eigenvalue weighted by Crippen LogP contribution is 2.37. The van der Waals surface area contributed by atoms with Crippen LogP contribution in [0.2, 0.25) is 10.0 Å². The summed E-state index contributed by atoms with van der Waals surface area (Å²) in [6.07, 6.45) is 3.44. The topological polar surface area (TPSA) is 51.2 Å². The van der Waals surface area contributed by atoms with E-state index < -0.39 is 0 Å². The zero-order valence-corrected chi connectivity index (χ0v) is 19.6. The zero-order valence-electron chi connectivity index (χ0n) is 18.1. The maximum Gasteiger partial charge on any atom is 0.257 e. The summed E-state index contributed by atoms with van der Waals surface area (Å²) in [5.41, 5.74) is 5.34. The molecule has 5 rings (SSSR count). The zero-order chi connectivity index (χ0) is 22.9. The second-order valence-electron chi connectivity index (χ2n) is 8.06. The second kappa shape index (κ2) is 9.05. The Hall–Kier alpha value is -3.08. The molecule has 0 radical (unpaired) electrons. The minimum Gasteiger partial charge on any atom is -0.492 e. The van der Waals surface area contributed by atoms with Gasteiger partial charge in [-0.1, -0.05) is 59.6 Å². The number of fused-ring (bicyclic) bond motifs is 2. The van der Waals surface area contributed by atoms with Crippen molar-refractivity contribution in [2.24, 2.45) is 0 Å². The van der Waals surface area contributed by atoms with Gasteiger partial charge in [0, 0.05) is 27.2 Å². The number of rotatable bonds is 5. The molecule has 1 amide bonds. The summed E-state index contributed by atoms with van der Waals surface area (Å²) in [5, 5.41) is 5.05. The van der Waals surface area contributed by atoms with Crippen LogP contribution in [-0.2, 0) is 6.42 Å². The molecule has 1 aliphatic rings. The van der Waals surface area contributed by atoms with Crippen molar-refractivity contribution in [2.75, 3.05) is 6.61 Å². The van der Waals surface area contributed by atoms with Crippen LogP contribution in [0.1, 0.15) is 40.9 Å². The van der Waals surface area contributed by atoms with Gasteiger partial charge in [-0.15, -0.1) is 0 Å². The van der Waals surface area contributed by atoms with E-state index in [2.05, 4.69) is 22.4 Å². The lowest BCUT2D eigenvalue weighted by molar-refractivity contribution is 0.0933. The summed E-state index contributed by atoms with van der Waals surface area (Å²) < 4.78 is 5.99. The van der Waals surface area contributed by atoms with Gasteiger partial charge in [-0.2, -0.15) is 0 Å². The summed E-state index contributed by atoms with van der Waals surface area (Å²) in [5.74, 6) is 0.340. The van der Waals surface area contributed by atoms with E-state index in [0.717, 1.165) is 34.9 Å². The lowest BCUT2D eigenvalue weighted by Crippen LogP contribution is -2.27. The van der Waals surface area contributed by atoms with E-state index in [1.54, 1.807) is 12.3 Å². The molecule has 6 heteroatoms. The number of carbonyl (C=O) groups excluding carboxylic acids is 1. The summed E-state index contributed by atoms with van der Waals surface area (Å²) >= 11 is 12.5. The first kappa shape index (κ1) is 21.7. The summed E-state index contributed by atoms with van der Waals surface area (Å²) in [4.78, 5) is 18.0. The molecule has 4 aromatic rings. The van der Waals surface area contributed by atoms with E-state index in [1.165, 1.54) is 11.1 Å². The number of aryl methyl sites for hydroxylation is 1. The lowest BCUT2D eigenvalue weighted by atomic mass is 10.00. The Kier molecular flexibility index (Phi) is 5.96. The standard InChI is InChI=1S/C27H22Cl2N2O2/c1-2-33-26-22-9-5-8-21(17-12-18(28)14-19(29)13-17)25(22)30-15-23(26)27(32)31-24-11-10-16-6-3-4-7-20(16)24/h3-9,12-15,24H,2,10-11H2,1H3,(H,31,32). The fourth-order valence-corrected chi connectivity index (χ4v) is 5.07. The number of pyridine rings is 1. The van der Waals surface area contributed by atoms with Gasteiger partial charge in [-0.05, 0) is 60.7 Å². The number of aromatic nitrogens is 1. The number of amides is 1. The molecule has 1 heterocycles. The largest absolute Gasteiger partial charge is 0.492 e. The molecule has 1 aromatic heterocycles. The monoisotopic (exact) mass is 476 g/mol. The first-order valence-electron chi connectivity index (χ1n) is 10.9. The van der Waals surface area contributed by atoms with Crippen LogP contribution in [0, 0.1) is 0 Å². The van der Waals surface area contributed by atoms with E-state index in [1.807, 2.05) is 49.4 Å². The number of para-hydroxylation sites is 1. The molecule has 1 unspecified atom stereocenters. The molecule has 0 spiro atoms. The van der Waals surface area contributed by atoms with Crippen molar-refractivity contribution in [3.8, 4) is 16.9 Å². The van der Waals surface area contributed by atoms with Crippen LogP contribution in [0.4, 0.5) is 0 Å². The molecule has 0 fully saturated rings. The highest BCUT2D eigenvalue weighted by Gasteiger charge is 2.26. The van der Waals surface area contributed by atoms with Gasteiger partial charge in [-0.3, -0.25) is 9.78 Å². The van der Waals surface area contributed by atoms with E-state index in [0.29, 0.717) is 28.0 Å². The van der Waals surface area contributed by atoms with Crippen molar-refractivity contribution in [1.82, 2.24) is 10.3 Å². The molecule has 1 atom stereocenters. The molecule has 1 aliphatic carbocycles. The molecule has 0 saturated heterocycles. The highest BCUT2D eigenvalue weighted by molar-refractivity contribution is 6.35. The number of ether oxygens (including phenoxy) is 1. The lowest BCUT2D eigenvalue weighted by Gasteiger charge is -2.18. The number of nitrogens with one attached hydrogen (secondary N) is 1. The molecule has 33 heavy (non-hydrogen) atoms. The van der Waals surface area contributed by atoms with Gasteiger partial charge in [0.1, 0.15) is 11.3 Å². The normalized spacial score (nSPS) is 14.8. The van der Waals surface area contributed by atoms with Gasteiger partial charge >= 0.3 is 0 Å². The Morgan fingerprint density at radius 1 is 1.09 bits per heavy atom. The quantitative estimate of drug-likeness (QED) is 0.336. The Bertz CT molecular complexity index is 1350. The van der Waals surface area contributed by atoms with E-state index in [-0.39, 0.29) is 11.9 Å². The second-order valence-corrected chi connectivity index (χ2v) is 8.93. The fraction of sp³-hybridized carbons (Fsp3) is 0.185. The van der Waals surface area contributed by atoms with Crippen molar-refractivity contribution >= 4 is 40.0 Å². The van der Waals surface area contributed by atoms with Crippen LogP contribution in [0.15, 0.2) is 66.9 Å². The van der Waals surface area contributed by atoms with Crippen molar-refractivity contribution < 1.29 is 9.53 Å². The minimum absolute atomic E-state index is 0.0150. The third-order valence-corrected chi connectivity index (χ3v) is 6.43. The van der Waals surface area contributed by atoms with Gasteiger partial charge in [-0.25, -0.2) is 0 Å². The molecule has 0 saturated carbocycles. The Balaban J connectivity index is 1.56. The number of halogens is 2. The summed E-state index contributed by atoms with van der Waals surface area (Å²) in [6.45, 7) is 2.33. The number of nitrogens with zero attached hydrogens (tertiary/aromatic N) is 1. The minimum atomic E-state index is -0.189. The predicted molar refractivity (Wildman–Crippen MR) is 133 cm³/mol. The van der Waals surface area contributed by atoms with E-state index in [4.69, 9.17) is 27.9 Å². The average molecular weight is 477 g/mol. The van der Waals surface area contributed by atoms with Crippen LogP contribution in [-0.4, -0.2) is 17.5 Å². The number of hydrogen-bond donors (Lipinski definition) is 1. The molecular weight excluding hydrogens is 455 g/mol. The molecule has 3 aromatic carbocycles. The molecular formula is C27H22Cl2N2O2. The maximum absolute atomic E-state index is 13.3. The molecule has 0 bridgehead atoms.